The molecule has 3 N–H and O–H groups in total. The lowest BCUT2D eigenvalue weighted by Gasteiger charge is -2.36. The van der Waals surface area contributed by atoms with Gasteiger partial charge in [-0.25, -0.2) is 0 Å². The Labute approximate surface area is 120 Å². The van der Waals surface area contributed by atoms with Gasteiger partial charge in [-0.05, 0) is 32.6 Å². The van der Waals surface area contributed by atoms with Gasteiger partial charge >= 0.3 is 5.97 Å². The van der Waals surface area contributed by atoms with Crippen molar-refractivity contribution >= 4 is 16.2 Å². The monoisotopic (exact) mass is 305 g/mol. The number of carbonyl (C=O) groups is 1. The Kier molecular flexibility index (Phi) is 5.00. The zero-order valence-corrected chi connectivity index (χ0v) is 12.6. The first kappa shape index (κ1) is 15.7. The molecule has 0 aromatic rings. The predicted molar refractivity (Wildman–Crippen MR) is 74.0 cm³/mol. The molecule has 1 heterocycles. The number of hydrogen-bond donors (Lipinski definition) is 2. The van der Waals surface area contributed by atoms with Gasteiger partial charge in [0.1, 0.15) is 0 Å². The highest BCUT2D eigenvalue weighted by Crippen LogP contribution is 2.23. The van der Waals surface area contributed by atoms with Crippen LogP contribution in [0.4, 0.5) is 0 Å². The highest BCUT2D eigenvalue weighted by Gasteiger charge is 2.36. The van der Waals surface area contributed by atoms with Gasteiger partial charge in [-0.2, -0.15) is 17.4 Å². The van der Waals surface area contributed by atoms with Crippen molar-refractivity contribution in [1.29, 1.82) is 0 Å². The summed E-state index contributed by atoms with van der Waals surface area (Å²) in [6.45, 7) is 2.72. The van der Waals surface area contributed by atoms with Gasteiger partial charge in [0.05, 0.1) is 12.5 Å². The molecule has 116 valence electrons. The van der Waals surface area contributed by atoms with Gasteiger partial charge in [0, 0.05) is 25.2 Å². The van der Waals surface area contributed by atoms with E-state index in [0.29, 0.717) is 38.8 Å². The van der Waals surface area contributed by atoms with E-state index in [9.17, 15) is 13.2 Å². The number of carbonyl (C=O) groups excluding carboxylic acids is 1. The van der Waals surface area contributed by atoms with Gasteiger partial charge in [-0.3, -0.25) is 4.79 Å². The van der Waals surface area contributed by atoms with Crippen molar-refractivity contribution in [2.45, 2.75) is 44.7 Å². The van der Waals surface area contributed by atoms with Crippen LogP contribution in [0.15, 0.2) is 0 Å². The first-order valence-electron chi connectivity index (χ1n) is 7.12. The van der Waals surface area contributed by atoms with Crippen molar-refractivity contribution in [2.24, 2.45) is 11.7 Å². The number of rotatable bonds is 5. The van der Waals surface area contributed by atoms with Crippen LogP contribution >= 0.6 is 0 Å². The maximum absolute atomic E-state index is 12.2. The highest BCUT2D eigenvalue weighted by molar-refractivity contribution is 7.87. The lowest BCUT2D eigenvalue weighted by atomic mass is 9.89. The molecule has 0 spiro atoms. The number of esters is 1. The first-order chi connectivity index (χ1) is 9.42. The fourth-order valence-electron chi connectivity index (χ4n) is 2.66. The number of hydrogen-bond acceptors (Lipinski definition) is 5. The van der Waals surface area contributed by atoms with Crippen molar-refractivity contribution in [3.63, 3.8) is 0 Å². The molecule has 1 saturated carbocycles. The second kappa shape index (κ2) is 6.38. The third kappa shape index (κ3) is 3.69. The van der Waals surface area contributed by atoms with Crippen molar-refractivity contribution in [3.05, 3.63) is 0 Å². The zero-order valence-electron chi connectivity index (χ0n) is 11.7. The molecule has 1 saturated heterocycles. The second-order valence-electron chi connectivity index (χ2n) is 5.50. The van der Waals surface area contributed by atoms with E-state index in [1.165, 1.54) is 4.31 Å². The van der Waals surface area contributed by atoms with Crippen LogP contribution in [0.1, 0.15) is 32.6 Å². The van der Waals surface area contributed by atoms with E-state index in [0.717, 1.165) is 0 Å². The molecule has 0 amide bonds. The van der Waals surface area contributed by atoms with Crippen LogP contribution in [0.25, 0.3) is 0 Å². The Bertz CT molecular complexity index is 448. The quantitative estimate of drug-likeness (QED) is 0.672. The van der Waals surface area contributed by atoms with E-state index < -0.39 is 10.2 Å². The molecule has 8 heteroatoms. The maximum Gasteiger partial charge on any atom is 0.310 e. The maximum atomic E-state index is 12.2. The largest absolute Gasteiger partial charge is 0.466 e. The van der Waals surface area contributed by atoms with Gasteiger partial charge < -0.3 is 10.5 Å². The smallest absolute Gasteiger partial charge is 0.310 e. The first-order valence-corrected chi connectivity index (χ1v) is 8.56. The van der Waals surface area contributed by atoms with Crippen LogP contribution < -0.4 is 10.5 Å². The van der Waals surface area contributed by atoms with E-state index in [4.69, 9.17) is 10.5 Å². The molecule has 0 aromatic heterocycles. The van der Waals surface area contributed by atoms with Crippen LogP contribution in [0, 0.1) is 5.92 Å². The van der Waals surface area contributed by atoms with Crippen LogP contribution in [0.2, 0.25) is 0 Å². The van der Waals surface area contributed by atoms with Crippen LogP contribution in [0.5, 0.6) is 0 Å². The average molecular weight is 305 g/mol. The van der Waals surface area contributed by atoms with Crippen molar-refractivity contribution in [2.75, 3.05) is 19.7 Å². The summed E-state index contributed by atoms with van der Waals surface area (Å²) in [5.74, 6) is -0.665. The Hall–Kier alpha value is -0.700. The molecule has 1 aliphatic carbocycles. The number of nitrogens with zero attached hydrogens (tertiary/aromatic N) is 1. The second-order valence-corrected chi connectivity index (χ2v) is 7.20. The number of nitrogens with one attached hydrogen (secondary N) is 1. The lowest BCUT2D eigenvalue weighted by Crippen LogP contribution is -2.55. The minimum atomic E-state index is -3.53. The van der Waals surface area contributed by atoms with Gasteiger partial charge in [0.15, 0.2) is 0 Å². The average Bonchev–Trinajstić information content (AvgIpc) is 2.37. The summed E-state index contributed by atoms with van der Waals surface area (Å²) in [5, 5.41) is 0. The molecule has 7 nitrogen and oxygen atoms in total. The molecule has 1 unspecified atom stereocenters. The molecule has 2 rings (SSSR count). The zero-order chi connectivity index (χ0) is 14.8. The summed E-state index contributed by atoms with van der Waals surface area (Å²) < 4.78 is 33.5. The summed E-state index contributed by atoms with van der Waals surface area (Å²) in [7, 11) is -3.53. The minimum Gasteiger partial charge on any atom is -0.466 e. The number of ether oxygens (including phenoxy) is 1. The molecule has 0 radical (unpaired) electrons. The third-order valence-corrected chi connectivity index (χ3v) is 5.48. The predicted octanol–water partition coefficient (Wildman–Crippen LogP) is -0.414. The number of nitrogens with two attached hydrogens (primary N) is 1. The fraction of sp³-hybridized carbons (Fsp3) is 0.917. The standard InChI is InChI=1S/C12H23N3O4S/c1-2-19-12(16)9-4-3-5-15(8-9)20(17,18)14-11-6-10(13)7-11/h9-11,14H,2-8,13H2,1H3. The molecule has 2 fully saturated rings. The molecule has 0 aromatic carbocycles. The van der Waals surface area contributed by atoms with E-state index in [-0.39, 0.29) is 30.5 Å². The lowest BCUT2D eigenvalue weighted by molar-refractivity contribution is -0.149. The molecular weight excluding hydrogens is 282 g/mol. The normalized spacial score (nSPS) is 31.6. The molecule has 2 aliphatic rings. The summed E-state index contributed by atoms with van der Waals surface area (Å²) in [5.41, 5.74) is 5.65. The van der Waals surface area contributed by atoms with Crippen LogP contribution in [-0.2, 0) is 19.7 Å². The summed E-state index contributed by atoms with van der Waals surface area (Å²) in [6.07, 6.45) is 2.70. The van der Waals surface area contributed by atoms with Crippen molar-refractivity contribution in [3.8, 4) is 0 Å². The van der Waals surface area contributed by atoms with E-state index in [1.807, 2.05) is 0 Å². The SMILES string of the molecule is CCOC(=O)C1CCCN(S(=O)(=O)NC2CC(N)C2)C1. The van der Waals surface area contributed by atoms with Gasteiger partial charge in [-0.15, -0.1) is 0 Å². The Balaban J connectivity index is 1.92. The molecule has 20 heavy (non-hydrogen) atoms. The van der Waals surface area contributed by atoms with E-state index >= 15 is 0 Å². The third-order valence-electron chi connectivity index (χ3n) is 3.83. The number of piperidine rings is 1. The van der Waals surface area contributed by atoms with Crippen molar-refractivity contribution in [1.82, 2.24) is 9.03 Å². The summed E-state index contributed by atoms with van der Waals surface area (Å²) in [6, 6.07) is 0.0225. The van der Waals surface area contributed by atoms with Gasteiger partial charge in [-0.1, -0.05) is 0 Å². The topological polar surface area (TPSA) is 102 Å². The Morgan fingerprint density at radius 1 is 1.45 bits per heavy atom. The fourth-order valence-corrected chi connectivity index (χ4v) is 4.16. The van der Waals surface area contributed by atoms with E-state index in [2.05, 4.69) is 4.72 Å². The van der Waals surface area contributed by atoms with Gasteiger partial charge in [0.2, 0.25) is 0 Å². The molecule has 0 bridgehead atoms. The molecule has 1 aliphatic heterocycles. The highest BCUT2D eigenvalue weighted by atomic mass is 32.2. The molecular formula is C12H23N3O4S. The Morgan fingerprint density at radius 3 is 2.75 bits per heavy atom. The molecule has 1 atom stereocenters. The summed E-state index contributed by atoms with van der Waals surface area (Å²) >= 11 is 0. The van der Waals surface area contributed by atoms with E-state index in [1.54, 1.807) is 6.92 Å². The van der Waals surface area contributed by atoms with Crippen LogP contribution in [-0.4, -0.2) is 50.5 Å². The minimum absolute atomic E-state index is 0.0713. The Morgan fingerprint density at radius 2 is 2.15 bits per heavy atom. The summed E-state index contributed by atoms with van der Waals surface area (Å²) in [4.78, 5) is 11.7. The van der Waals surface area contributed by atoms with Crippen molar-refractivity contribution < 1.29 is 17.9 Å². The van der Waals surface area contributed by atoms with Gasteiger partial charge in [0.25, 0.3) is 10.2 Å². The van der Waals surface area contributed by atoms with Crippen LogP contribution in [0.3, 0.4) is 0 Å².